The molecular formula is C24H28N2O7S2. The standard InChI is InChI=1S/C24H28N2O7S2/c1-14-6-8-16(9-7-14)23-22(24(27)25-3)19-10-18-15(2)32-17(13-34(4,28)29)12-26(35(5,30)31)20(18)11-21(19)33-23/h6-11,15,17H,12-13H2,1-5H3,(H,25,27). The number of furan rings is 1. The van der Waals surface area contributed by atoms with Crippen molar-refractivity contribution in [3.05, 3.63) is 53.1 Å². The predicted molar refractivity (Wildman–Crippen MR) is 135 cm³/mol. The summed E-state index contributed by atoms with van der Waals surface area (Å²) in [5, 5.41) is 3.15. The monoisotopic (exact) mass is 520 g/mol. The molecule has 2 unspecified atom stereocenters. The largest absolute Gasteiger partial charge is 0.455 e. The van der Waals surface area contributed by atoms with E-state index in [4.69, 9.17) is 9.15 Å². The minimum atomic E-state index is -3.79. The number of fused-ring (bicyclic) bond motifs is 2. The Kier molecular flexibility index (Phi) is 6.45. The number of sulfonamides is 1. The van der Waals surface area contributed by atoms with Gasteiger partial charge in [0.1, 0.15) is 21.2 Å². The second-order valence-corrected chi connectivity index (χ2v) is 13.0. The maximum Gasteiger partial charge on any atom is 0.255 e. The zero-order valence-electron chi connectivity index (χ0n) is 20.2. The van der Waals surface area contributed by atoms with E-state index >= 15 is 0 Å². The second kappa shape index (κ2) is 8.96. The number of ether oxygens (including phenoxy) is 1. The third kappa shape index (κ3) is 5.07. The fraction of sp³-hybridized carbons (Fsp3) is 0.375. The molecule has 188 valence electrons. The van der Waals surface area contributed by atoms with Crippen molar-refractivity contribution in [2.75, 3.05) is 36.2 Å². The lowest BCUT2D eigenvalue weighted by atomic mass is 10.00. The van der Waals surface area contributed by atoms with Gasteiger partial charge >= 0.3 is 0 Å². The lowest BCUT2D eigenvalue weighted by molar-refractivity contribution is 0.0193. The van der Waals surface area contributed by atoms with Gasteiger partial charge in [0.25, 0.3) is 5.91 Å². The van der Waals surface area contributed by atoms with Gasteiger partial charge in [0.2, 0.25) is 10.0 Å². The van der Waals surface area contributed by atoms with Crippen LogP contribution in [0.1, 0.15) is 34.5 Å². The smallest absolute Gasteiger partial charge is 0.255 e. The molecule has 1 N–H and O–H groups in total. The van der Waals surface area contributed by atoms with E-state index in [9.17, 15) is 21.6 Å². The predicted octanol–water partition coefficient (Wildman–Crippen LogP) is 3.04. The Labute approximate surface area is 205 Å². The third-order valence-electron chi connectivity index (χ3n) is 5.97. The highest BCUT2D eigenvalue weighted by atomic mass is 32.2. The Balaban J connectivity index is 1.96. The van der Waals surface area contributed by atoms with Crippen LogP contribution in [-0.2, 0) is 24.6 Å². The molecule has 11 heteroatoms. The Morgan fingerprint density at radius 3 is 2.34 bits per heavy atom. The number of hydrogen-bond donors (Lipinski definition) is 1. The average Bonchev–Trinajstić information content (AvgIpc) is 3.06. The average molecular weight is 521 g/mol. The molecule has 0 fully saturated rings. The lowest BCUT2D eigenvalue weighted by Gasteiger charge is -2.24. The molecule has 1 aliphatic rings. The molecule has 1 aromatic heterocycles. The van der Waals surface area contributed by atoms with Gasteiger partial charge in [-0.3, -0.25) is 9.10 Å². The van der Waals surface area contributed by atoms with Crippen molar-refractivity contribution >= 4 is 42.4 Å². The molecule has 1 aliphatic heterocycles. The van der Waals surface area contributed by atoms with Gasteiger partial charge in [0.05, 0.1) is 42.0 Å². The van der Waals surface area contributed by atoms with Crippen LogP contribution in [0.3, 0.4) is 0 Å². The molecule has 2 aromatic carbocycles. The summed E-state index contributed by atoms with van der Waals surface area (Å²) in [6.07, 6.45) is 0.641. The first-order valence-corrected chi connectivity index (χ1v) is 14.9. The number of carbonyl (C=O) groups is 1. The van der Waals surface area contributed by atoms with Crippen LogP contribution in [0.25, 0.3) is 22.3 Å². The Morgan fingerprint density at radius 1 is 1.11 bits per heavy atom. The minimum Gasteiger partial charge on any atom is -0.455 e. The minimum absolute atomic E-state index is 0.164. The Morgan fingerprint density at radius 2 is 1.77 bits per heavy atom. The van der Waals surface area contributed by atoms with Crippen LogP contribution in [0.15, 0.2) is 40.8 Å². The van der Waals surface area contributed by atoms with Crippen LogP contribution >= 0.6 is 0 Å². The Hall–Kier alpha value is -2.89. The molecule has 2 heterocycles. The molecule has 4 rings (SSSR count). The first kappa shape index (κ1) is 25.2. The molecular weight excluding hydrogens is 492 g/mol. The number of nitrogens with zero attached hydrogens (tertiary/aromatic N) is 1. The van der Waals surface area contributed by atoms with E-state index in [0.29, 0.717) is 39.1 Å². The molecule has 1 amide bonds. The number of benzene rings is 2. The molecule has 35 heavy (non-hydrogen) atoms. The van der Waals surface area contributed by atoms with Gasteiger partial charge < -0.3 is 14.5 Å². The topological polar surface area (TPSA) is 123 Å². The van der Waals surface area contributed by atoms with Crippen LogP contribution < -0.4 is 9.62 Å². The van der Waals surface area contributed by atoms with E-state index in [1.165, 1.54) is 7.05 Å². The molecule has 0 radical (unpaired) electrons. The second-order valence-electron chi connectivity index (χ2n) is 8.95. The van der Waals surface area contributed by atoms with E-state index in [1.54, 1.807) is 19.1 Å². The van der Waals surface area contributed by atoms with Crippen molar-refractivity contribution in [2.24, 2.45) is 0 Å². The molecule has 0 aliphatic carbocycles. The first-order valence-electron chi connectivity index (χ1n) is 11.0. The van der Waals surface area contributed by atoms with Crippen molar-refractivity contribution in [3.8, 4) is 11.3 Å². The fourth-order valence-corrected chi connectivity index (χ4v) is 6.19. The molecule has 9 nitrogen and oxygen atoms in total. The highest BCUT2D eigenvalue weighted by Gasteiger charge is 2.35. The summed E-state index contributed by atoms with van der Waals surface area (Å²) in [7, 11) is -5.69. The van der Waals surface area contributed by atoms with E-state index in [0.717, 1.165) is 22.4 Å². The van der Waals surface area contributed by atoms with Gasteiger partial charge in [0, 0.05) is 35.9 Å². The summed E-state index contributed by atoms with van der Waals surface area (Å²) in [5.41, 5.74) is 3.26. The van der Waals surface area contributed by atoms with E-state index < -0.39 is 32.1 Å². The fourth-order valence-electron chi connectivity index (χ4n) is 4.38. The van der Waals surface area contributed by atoms with Gasteiger partial charge in [-0.25, -0.2) is 16.8 Å². The summed E-state index contributed by atoms with van der Waals surface area (Å²) in [6.45, 7) is 3.52. The van der Waals surface area contributed by atoms with Gasteiger partial charge in [-0.15, -0.1) is 0 Å². The van der Waals surface area contributed by atoms with E-state index in [1.807, 2.05) is 31.2 Å². The summed E-state index contributed by atoms with van der Waals surface area (Å²) >= 11 is 0. The number of amides is 1. The SMILES string of the molecule is CNC(=O)c1c(-c2ccc(C)cc2)oc2cc3c(cc12)C(C)OC(CS(C)(=O)=O)CN3S(C)(=O)=O. The van der Waals surface area contributed by atoms with Crippen molar-refractivity contribution in [3.63, 3.8) is 0 Å². The zero-order chi connectivity index (χ0) is 25.7. The maximum absolute atomic E-state index is 12.9. The number of carbonyl (C=O) groups excluding carboxylic acids is 1. The normalized spacial score (nSPS) is 18.8. The van der Waals surface area contributed by atoms with Crippen molar-refractivity contribution < 1.29 is 30.8 Å². The van der Waals surface area contributed by atoms with Crippen molar-refractivity contribution in [1.29, 1.82) is 0 Å². The highest BCUT2D eigenvalue weighted by Crippen LogP contribution is 2.42. The van der Waals surface area contributed by atoms with E-state index in [2.05, 4.69) is 5.32 Å². The Bertz CT molecular complexity index is 1510. The van der Waals surface area contributed by atoms with Crippen LogP contribution in [0.5, 0.6) is 0 Å². The summed E-state index contributed by atoms with van der Waals surface area (Å²) in [4.78, 5) is 12.9. The van der Waals surface area contributed by atoms with Crippen LogP contribution in [0.4, 0.5) is 5.69 Å². The molecule has 0 spiro atoms. The molecule has 3 aromatic rings. The number of sulfone groups is 1. The summed E-state index contributed by atoms with van der Waals surface area (Å²) in [5.74, 6) is -0.306. The summed E-state index contributed by atoms with van der Waals surface area (Å²) < 4.78 is 62.7. The third-order valence-corrected chi connectivity index (χ3v) is 8.09. The van der Waals surface area contributed by atoms with Gasteiger partial charge in [-0.05, 0) is 19.9 Å². The van der Waals surface area contributed by atoms with Crippen molar-refractivity contribution in [2.45, 2.75) is 26.1 Å². The molecule has 0 saturated carbocycles. The van der Waals surface area contributed by atoms with Gasteiger partial charge in [-0.2, -0.15) is 0 Å². The zero-order valence-corrected chi connectivity index (χ0v) is 21.8. The highest BCUT2D eigenvalue weighted by molar-refractivity contribution is 7.92. The quantitative estimate of drug-likeness (QED) is 0.548. The number of nitrogens with one attached hydrogen (secondary N) is 1. The maximum atomic E-state index is 12.9. The summed E-state index contributed by atoms with van der Waals surface area (Å²) in [6, 6.07) is 10.8. The number of rotatable bonds is 5. The van der Waals surface area contributed by atoms with Crippen LogP contribution in [0.2, 0.25) is 0 Å². The number of aryl methyl sites for hydroxylation is 1. The molecule has 0 saturated heterocycles. The molecule has 0 bridgehead atoms. The van der Waals surface area contributed by atoms with Crippen molar-refractivity contribution in [1.82, 2.24) is 5.32 Å². The number of anilines is 1. The van der Waals surface area contributed by atoms with Gasteiger partial charge in [-0.1, -0.05) is 29.8 Å². The van der Waals surface area contributed by atoms with Crippen LogP contribution in [0, 0.1) is 6.92 Å². The number of hydrogen-bond acceptors (Lipinski definition) is 7. The van der Waals surface area contributed by atoms with E-state index in [-0.39, 0.29) is 18.2 Å². The molecule has 2 atom stereocenters. The van der Waals surface area contributed by atoms with Crippen LogP contribution in [-0.4, -0.2) is 60.7 Å². The first-order chi connectivity index (χ1) is 16.3. The lowest BCUT2D eigenvalue weighted by Crippen LogP contribution is -2.39. The van der Waals surface area contributed by atoms with Gasteiger partial charge in [0.15, 0.2) is 0 Å².